The molecule has 0 unspecified atom stereocenters. The predicted molar refractivity (Wildman–Crippen MR) is 158 cm³/mol. The van der Waals surface area contributed by atoms with Gasteiger partial charge in [-0.1, -0.05) is 0 Å². The Bertz CT molecular complexity index is 1520. The lowest BCUT2D eigenvalue weighted by Gasteiger charge is -2.40. The van der Waals surface area contributed by atoms with Gasteiger partial charge in [-0.25, -0.2) is 0 Å². The van der Waals surface area contributed by atoms with Gasteiger partial charge in [0.25, 0.3) is 0 Å². The summed E-state index contributed by atoms with van der Waals surface area (Å²) in [6, 6.07) is 6.05. The minimum atomic E-state index is -1.83. The van der Waals surface area contributed by atoms with Gasteiger partial charge in [0.15, 0.2) is 28.4 Å². The molecule has 0 saturated carbocycles. The van der Waals surface area contributed by atoms with Crippen molar-refractivity contribution >= 4 is 12.4 Å². The van der Waals surface area contributed by atoms with E-state index < -0.39 is 80.1 Å². The van der Waals surface area contributed by atoms with E-state index in [1.807, 2.05) is 0 Å². The lowest BCUT2D eigenvalue weighted by atomic mass is 9.99. The van der Waals surface area contributed by atoms with Crippen LogP contribution in [0, 0.1) is 0 Å². The molecule has 1 aromatic rings. The number of aliphatic hydroxyl groups is 8. The van der Waals surface area contributed by atoms with E-state index in [0.29, 0.717) is 0 Å². The number of aliphatic hydroxyl groups excluding tert-OH is 8. The van der Waals surface area contributed by atoms with Crippen LogP contribution in [-0.4, -0.2) is 135 Å². The molecule has 260 valence electrons. The minimum absolute atomic E-state index is 0. The molecule has 2 saturated heterocycles. The number of fused-ring (bicyclic) bond motifs is 1. The zero-order valence-electron chi connectivity index (χ0n) is 24.8. The van der Waals surface area contributed by atoms with Gasteiger partial charge in [0.2, 0.25) is 18.3 Å². The Hall–Kier alpha value is -3.46. The standard InChI is InChI=1S/C29H34O17.ClH/c1-40-15-3-10(4-16(41-2)20(15)33)27-17(44-29-26(39)24(37)22(35)19(9-31)46-29)7-12-13(42-27)5-11(32)6-14(12)43-28-25(38)23(36)21(34)18(8-30)45-28;/h3-7,18-19,21-26,28-31,33-39H,8-9H2,1-2H3;1H/t18-,19-,21-,22-,23+,24+,25-,26-,28-,29-;/m1./s1. The smallest absolute Gasteiger partial charge is 0.229 e. The van der Waals surface area contributed by atoms with Crippen molar-refractivity contribution < 1.29 is 78.8 Å². The van der Waals surface area contributed by atoms with E-state index in [9.17, 15) is 50.8 Å². The Balaban J connectivity index is 0.00000500. The van der Waals surface area contributed by atoms with Crippen LogP contribution in [0.5, 0.6) is 28.7 Å². The second kappa shape index (κ2) is 14.8. The molecule has 3 aliphatic heterocycles. The number of methoxy groups -OCH3 is 2. The zero-order valence-corrected chi connectivity index (χ0v) is 25.6. The summed E-state index contributed by atoms with van der Waals surface area (Å²) in [6.07, 6.45) is -16.6. The van der Waals surface area contributed by atoms with Gasteiger partial charge in [-0.2, -0.15) is 0 Å². The number of benzene rings is 2. The molecule has 3 heterocycles. The van der Waals surface area contributed by atoms with Crippen LogP contribution in [0.4, 0.5) is 0 Å². The second-order valence-electron chi connectivity index (χ2n) is 10.6. The molecule has 0 aromatic heterocycles. The van der Waals surface area contributed by atoms with Crippen LogP contribution in [0.3, 0.4) is 0 Å². The lowest BCUT2D eigenvalue weighted by Crippen LogP contribution is -2.60. The van der Waals surface area contributed by atoms with E-state index in [4.69, 9.17) is 32.8 Å². The summed E-state index contributed by atoms with van der Waals surface area (Å²) in [7, 11) is 2.57. The van der Waals surface area contributed by atoms with Gasteiger partial charge in [0.1, 0.15) is 60.3 Å². The molecule has 0 radical (unpaired) electrons. The highest BCUT2D eigenvalue weighted by Crippen LogP contribution is 2.46. The molecule has 2 fully saturated rings. The number of hydrogen-bond acceptors (Lipinski definition) is 17. The topological polar surface area (TPSA) is 268 Å². The summed E-state index contributed by atoms with van der Waals surface area (Å²) in [4.78, 5) is 12.7. The minimum Gasteiger partial charge on any atom is -0.502 e. The van der Waals surface area contributed by atoms with Crippen molar-refractivity contribution in [1.29, 1.82) is 0 Å². The summed E-state index contributed by atoms with van der Waals surface area (Å²) < 4.78 is 39.2. The van der Waals surface area contributed by atoms with Crippen LogP contribution in [0.1, 0.15) is 0 Å². The summed E-state index contributed by atoms with van der Waals surface area (Å²) >= 11 is 0. The molecule has 1 aliphatic carbocycles. The number of aromatic hydroxyl groups is 1. The quantitative estimate of drug-likeness (QED) is 0.116. The highest BCUT2D eigenvalue weighted by molar-refractivity contribution is 5.85. The number of phenols is 1. The summed E-state index contributed by atoms with van der Waals surface area (Å²) in [5.41, 5.74) is -0.469. The van der Waals surface area contributed by atoms with Crippen molar-refractivity contribution in [3.8, 4) is 51.4 Å². The van der Waals surface area contributed by atoms with Crippen molar-refractivity contribution in [3.05, 3.63) is 40.6 Å². The van der Waals surface area contributed by atoms with Gasteiger partial charge < -0.3 is 78.8 Å². The van der Waals surface area contributed by atoms with E-state index in [1.165, 1.54) is 32.4 Å². The van der Waals surface area contributed by atoms with Crippen LogP contribution in [0.2, 0.25) is 0 Å². The van der Waals surface area contributed by atoms with Crippen LogP contribution in [0.25, 0.3) is 22.6 Å². The number of ether oxygens (including phenoxy) is 6. The molecule has 0 bridgehead atoms. The van der Waals surface area contributed by atoms with E-state index in [0.717, 1.165) is 12.1 Å². The molecule has 0 spiro atoms. The SMILES string of the molecule is COc1cc(-c2oc3cc(=O)cc(O[C@@H]4O[C@H](CO)[C@@H](O)[C@H](O)[C@H]4O)c-3cc2O[C@@H]2O[C@H](CO)[C@@H](O)[C@H](O)[C@H]2O)cc(OC)c1O.Cl. The second-order valence-corrected chi connectivity index (χ2v) is 10.6. The molecule has 1 aromatic carbocycles. The monoisotopic (exact) mass is 690 g/mol. The summed E-state index contributed by atoms with van der Waals surface area (Å²) in [6.45, 7) is -1.47. The van der Waals surface area contributed by atoms with Gasteiger partial charge >= 0.3 is 0 Å². The van der Waals surface area contributed by atoms with Crippen LogP contribution >= 0.6 is 12.4 Å². The highest BCUT2D eigenvalue weighted by Gasteiger charge is 2.46. The van der Waals surface area contributed by atoms with E-state index in [1.54, 1.807) is 0 Å². The maximum Gasteiger partial charge on any atom is 0.229 e. The first-order valence-electron chi connectivity index (χ1n) is 13.9. The van der Waals surface area contributed by atoms with Crippen LogP contribution in [-0.2, 0) is 9.47 Å². The van der Waals surface area contributed by atoms with E-state index >= 15 is 0 Å². The summed E-state index contributed by atoms with van der Waals surface area (Å²) in [5, 5.41) is 91.7. The van der Waals surface area contributed by atoms with Crippen molar-refractivity contribution in [2.75, 3.05) is 27.4 Å². The summed E-state index contributed by atoms with van der Waals surface area (Å²) in [5.74, 6) is -1.20. The molecule has 9 N–H and O–H groups in total. The van der Waals surface area contributed by atoms with E-state index in [-0.39, 0.29) is 63.8 Å². The number of rotatable bonds is 9. The number of hydrogen-bond donors (Lipinski definition) is 9. The third-order valence-corrected chi connectivity index (χ3v) is 7.71. The van der Waals surface area contributed by atoms with Crippen molar-refractivity contribution in [3.63, 3.8) is 0 Å². The number of halogens is 1. The maximum atomic E-state index is 12.7. The van der Waals surface area contributed by atoms with E-state index in [2.05, 4.69) is 0 Å². The van der Waals surface area contributed by atoms with Gasteiger partial charge in [0, 0.05) is 17.7 Å². The largest absolute Gasteiger partial charge is 0.502 e. The van der Waals surface area contributed by atoms with Gasteiger partial charge in [0.05, 0.1) is 33.0 Å². The molecular formula is C29H35ClO17. The normalized spacial score (nSPS) is 30.8. The third kappa shape index (κ3) is 6.92. The Morgan fingerprint density at radius 1 is 0.660 bits per heavy atom. The van der Waals surface area contributed by atoms with Crippen LogP contribution < -0.4 is 24.4 Å². The number of phenolic OH excluding ortho intramolecular Hbond substituents is 1. The predicted octanol–water partition coefficient (Wildman–Crippen LogP) is -2.09. The fourth-order valence-corrected chi connectivity index (χ4v) is 5.15. The molecule has 18 heteroatoms. The molecule has 17 nitrogen and oxygen atoms in total. The van der Waals surface area contributed by atoms with Crippen molar-refractivity contribution in [1.82, 2.24) is 0 Å². The third-order valence-electron chi connectivity index (χ3n) is 7.71. The van der Waals surface area contributed by atoms with Crippen molar-refractivity contribution in [2.24, 2.45) is 0 Å². The fourth-order valence-electron chi connectivity index (χ4n) is 5.15. The first-order valence-corrected chi connectivity index (χ1v) is 13.9. The first-order chi connectivity index (χ1) is 21.9. The Labute approximate surface area is 272 Å². The zero-order chi connectivity index (χ0) is 33.4. The Morgan fingerprint density at radius 3 is 1.62 bits per heavy atom. The first kappa shape index (κ1) is 36.4. The fraction of sp³-hybridized carbons (Fsp3) is 0.483. The highest BCUT2D eigenvalue weighted by atomic mass is 35.5. The van der Waals surface area contributed by atoms with Crippen LogP contribution in [0.15, 0.2) is 39.5 Å². The van der Waals surface area contributed by atoms with Gasteiger partial charge in [-0.3, -0.25) is 4.79 Å². The molecule has 10 atom stereocenters. The molecule has 4 aliphatic rings. The average molecular weight is 691 g/mol. The maximum absolute atomic E-state index is 12.7. The Morgan fingerprint density at radius 2 is 1.15 bits per heavy atom. The molecule has 47 heavy (non-hydrogen) atoms. The average Bonchev–Trinajstić information content (AvgIpc) is 3.05. The Kier molecular flexibility index (Phi) is 11.4. The molecule has 0 amide bonds. The van der Waals surface area contributed by atoms with Gasteiger partial charge in [-0.05, 0) is 18.2 Å². The lowest BCUT2D eigenvalue weighted by molar-refractivity contribution is -0.277. The van der Waals surface area contributed by atoms with Crippen molar-refractivity contribution in [2.45, 2.75) is 61.4 Å². The molecular weight excluding hydrogens is 656 g/mol. The molecule has 5 rings (SSSR count). The van der Waals surface area contributed by atoms with Gasteiger partial charge in [-0.15, -0.1) is 12.4 Å².